The Morgan fingerprint density at radius 2 is 2.17 bits per heavy atom. The summed E-state index contributed by atoms with van der Waals surface area (Å²) in [6.45, 7) is 5.80. The third kappa shape index (κ3) is 4.08. The van der Waals surface area contributed by atoms with E-state index < -0.39 is 16.1 Å². The molecule has 0 saturated carbocycles. The molecule has 0 radical (unpaired) electrons. The van der Waals surface area contributed by atoms with E-state index in [0.29, 0.717) is 6.42 Å². The monoisotopic (exact) mass is 275 g/mol. The van der Waals surface area contributed by atoms with Gasteiger partial charge < -0.3 is 5.11 Å². The third-order valence-electron chi connectivity index (χ3n) is 2.55. The zero-order valence-electron chi connectivity index (χ0n) is 11.0. The number of nitrogens with zero attached hydrogens (tertiary/aromatic N) is 2. The molecule has 0 spiro atoms. The SMILES string of the molecule is CCC[C@H](O)CNS(=O)(=O)c1cnn(C(C)C)c1. The van der Waals surface area contributed by atoms with Crippen molar-refractivity contribution in [3.05, 3.63) is 12.4 Å². The Morgan fingerprint density at radius 3 is 2.67 bits per heavy atom. The molecule has 0 bridgehead atoms. The minimum Gasteiger partial charge on any atom is -0.392 e. The van der Waals surface area contributed by atoms with Gasteiger partial charge in [0.1, 0.15) is 4.90 Å². The predicted octanol–water partition coefficient (Wildman–Crippen LogP) is 0.903. The van der Waals surface area contributed by atoms with E-state index in [1.807, 2.05) is 20.8 Å². The van der Waals surface area contributed by atoms with Crippen LogP contribution in [0.4, 0.5) is 0 Å². The van der Waals surface area contributed by atoms with Crippen LogP contribution in [0.2, 0.25) is 0 Å². The molecule has 0 aliphatic carbocycles. The lowest BCUT2D eigenvalue weighted by atomic mass is 10.2. The van der Waals surface area contributed by atoms with Crippen LogP contribution in [0.1, 0.15) is 39.7 Å². The molecule has 0 unspecified atom stereocenters. The first-order chi connectivity index (χ1) is 8.36. The summed E-state index contributed by atoms with van der Waals surface area (Å²) in [7, 11) is -3.58. The Morgan fingerprint density at radius 1 is 1.50 bits per heavy atom. The summed E-state index contributed by atoms with van der Waals surface area (Å²) in [5.74, 6) is 0. The topological polar surface area (TPSA) is 84.2 Å². The molecule has 1 aromatic heterocycles. The molecule has 1 atom stereocenters. The lowest BCUT2D eigenvalue weighted by molar-refractivity contribution is 0.167. The van der Waals surface area contributed by atoms with Gasteiger partial charge in [0.25, 0.3) is 0 Å². The van der Waals surface area contributed by atoms with E-state index in [-0.39, 0.29) is 17.5 Å². The quantitative estimate of drug-likeness (QED) is 0.774. The maximum absolute atomic E-state index is 11.9. The van der Waals surface area contributed by atoms with Crippen molar-refractivity contribution < 1.29 is 13.5 Å². The molecule has 0 aliphatic heterocycles. The van der Waals surface area contributed by atoms with Crippen LogP contribution in [0.5, 0.6) is 0 Å². The maximum atomic E-state index is 11.9. The summed E-state index contributed by atoms with van der Waals surface area (Å²) in [4.78, 5) is 0.125. The van der Waals surface area contributed by atoms with Crippen molar-refractivity contribution in [3.8, 4) is 0 Å². The normalized spacial score (nSPS) is 14.1. The zero-order chi connectivity index (χ0) is 13.8. The van der Waals surface area contributed by atoms with Gasteiger partial charge in [0.15, 0.2) is 0 Å². The molecule has 0 amide bonds. The highest BCUT2D eigenvalue weighted by molar-refractivity contribution is 7.89. The van der Waals surface area contributed by atoms with E-state index in [0.717, 1.165) is 6.42 Å². The molecule has 0 aliphatic rings. The van der Waals surface area contributed by atoms with Gasteiger partial charge in [0, 0.05) is 18.8 Å². The van der Waals surface area contributed by atoms with Crippen LogP contribution in [0.15, 0.2) is 17.3 Å². The Hall–Kier alpha value is -0.920. The van der Waals surface area contributed by atoms with E-state index >= 15 is 0 Å². The van der Waals surface area contributed by atoms with Crippen LogP contribution in [0.3, 0.4) is 0 Å². The Balaban J connectivity index is 2.68. The third-order valence-corrected chi connectivity index (χ3v) is 3.93. The molecule has 2 N–H and O–H groups in total. The number of rotatable bonds is 7. The van der Waals surface area contributed by atoms with E-state index in [4.69, 9.17) is 0 Å². The maximum Gasteiger partial charge on any atom is 0.243 e. The summed E-state index contributed by atoms with van der Waals surface area (Å²) < 4.78 is 27.8. The second-order valence-electron chi connectivity index (χ2n) is 4.54. The first-order valence-electron chi connectivity index (χ1n) is 6.08. The molecule has 0 aromatic carbocycles. The van der Waals surface area contributed by atoms with Gasteiger partial charge in [-0.3, -0.25) is 4.68 Å². The van der Waals surface area contributed by atoms with Gasteiger partial charge in [-0.05, 0) is 20.3 Å². The fourth-order valence-electron chi connectivity index (χ4n) is 1.47. The fraction of sp³-hybridized carbons (Fsp3) is 0.727. The Bertz CT molecular complexity index is 468. The van der Waals surface area contributed by atoms with E-state index in [2.05, 4.69) is 9.82 Å². The summed E-state index contributed by atoms with van der Waals surface area (Å²) in [6, 6.07) is 0.111. The van der Waals surface area contributed by atoms with Gasteiger partial charge >= 0.3 is 0 Å². The lowest BCUT2D eigenvalue weighted by Crippen LogP contribution is -2.31. The van der Waals surface area contributed by atoms with Crippen molar-refractivity contribution in [2.24, 2.45) is 0 Å². The van der Waals surface area contributed by atoms with Gasteiger partial charge in [-0.25, -0.2) is 13.1 Å². The van der Waals surface area contributed by atoms with E-state index in [9.17, 15) is 13.5 Å². The highest BCUT2D eigenvalue weighted by Crippen LogP contribution is 2.10. The smallest absolute Gasteiger partial charge is 0.243 e. The number of sulfonamides is 1. The first-order valence-corrected chi connectivity index (χ1v) is 7.57. The van der Waals surface area contributed by atoms with Crippen molar-refractivity contribution in [1.29, 1.82) is 0 Å². The van der Waals surface area contributed by atoms with Gasteiger partial charge in [-0.2, -0.15) is 5.10 Å². The second-order valence-corrected chi connectivity index (χ2v) is 6.31. The number of nitrogens with one attached hydrogen (secondary N) is 1. The van der Waals surface area contributed by atoms with Gasteiger partial charge in [-0.1, -0.05) is 13.3 Å². The summed E-state index contributed by atoms with van der Waals surface area (Å²) in [5.41, 5.74) is 0. The predicted molar refractivity (Wildman–Crippen MR) is 68.7 cm³/mol. The summed E-state index contributed by atoms with van der Waals surface area (Å²) >= 11 is 0. The van der Waals surface area contributed by atoms with Crippen LogP contribution < -0.4 is 4.72 Å². The second kappa shape index (κ2) is 6.31. The minimum absolute atomic E-state index is 0.0308. The van der Waals surface area contributed by atoms with Crippen LogP contribution in [0, 0.1) is 0 Å². The zero-order valence-corrected chi connectivity index (χ0v) is 11.8. The summed E-state index contributed by atoms with van der Waals surface area (Å²) in [5, 5.41) is 13.5. The molecular formula is C11H21N3O3S. The standard InChI is InChI=1S/C11H21N3O3S/c1-4-5-10(15)6-13-18(16,17)11-7-12-14(8-11)9(2)3/h7-10,13,15H,4-6H2,1-3H3/t10-/m0/s1. The molecular weight excluding hydrogens is 254 g/mol. The molecule has 0 saturated heterocycles. The molecule has 7 heteroatoms. The molecule has 1 heterocycles. The van der Waals surface area contributed by atoms with E-state index in [1.165, 1.54) is 12.4 Å². The molecule has 0 fully saturated rings. The van der Waals surface area contributed by atoms with Gasteiger partial charge in [0.2, 0.25) is 10.0 Å². The molecule has 104 valence electrons. The van der Waals surface area contributed by atoms with Crippen LogP contribution >= 0.6 is 0 Å². The van der Waals surface area contributed by atoms with E-state index in [1.54, 1.807) is 4.68 Å². The van der Waals surface area contributed by atoms with Crippen LogP contribution in [-0.4, -0.2) is 36.0 Å². The molecule has 6 nitrogen and oxygen atoms in total. The Labute approximate surface area is 108 Å². The minimum atomic E-state index is -3.58. The average molecular weight is 275 g/mol. The van der Waals surface area contributed by atoms with Crippen LogP contribution in [0.25, 0.3) is 0 Å². The number of hydrogen-bond acceptors (Lipinski definition) is 4. The van der Waals surface area contributed by atoms with Gasteiger partial charge in [-0.15, -0.1) is 0 Å². The molecule has 18 heavy (non-hydrogen) atoms. The van der Waals surface area contributed by atoms with Crippen LogP contribution in [-0.2, 0) is 10.0 Å². The number of aliphatic hydroxyl groups is 1. The first kappa shape index (κ1) is 15.1. The van der Waals surface area contributed by atoms with Crippen molar-refractivity contribution in [2.75, 3.05) is 6.54 Å². The molecule has 1 rings (SSSR count). The number of hydrogen-bond donors (Lipinski definition) is 2. The number of aromatic nitrogens is 2. The van der Waals surface area contributed by atoms with Crippen molar-refractivity contribution in [2.45, 2.75) is 50.7 Å². The highest BCUT2D eigenvalue weighted by atomic mass is 32.2. The van der Waals surface area contributed by atoms with Gasteiger partial charge in [0.05, 0.1) is 12.3 Å². The largest absolute Gasteiger partial charge is 0.392 e. The molecule has 1 aromatic rings. The van der Waals surface area contributed by atoms with Crippen molar-refractivity contribution in [1.82, 2.24) is 14.5 Å². The van der Waals surface area contributed by atoms with Crippen molar-refractivity contribution in [3.63, 3.8) is 0 Å². The Kier molecular flexibility index (Phi) is 5.30. The van der Waals surface area contributed by atoms with Crippen molar-refractivity contribution >= 4 is 10.0 Å². The fourth-order valence-corrected chi connectivity index (χ4v) is 2.48. The summed E-state index contributed by atoms with van der Waals surface area (Å²) in [6.07, 6.45) is 3.54. The average Bonchev–Trinajstić information content (AvgIpc) is 2.77. The lowest BCUT2D eigenvalue weighted by Gasteiger charge is -2.10. The number of aliphatic hydroxyl groups excluding tert-OH is 1. The highest BCUT2D eigenvalue weighted by Gasteiger charge is 2.18.